The third-order valence-corrected chi connectivity index (χ3v) is 5.49. The zero-order chi connectivity index (χ0) is 23.8. The molecule has 0 saturated carbocycles. The van der Waals surface area contributed by atoms with E-state index in [1.165, 1.54) is 0 Å². The summed E-state index contributed by atoms with van der Waals surface area (Å²) in [6.45, 7) is 0.311. The Morgan fingerprint density at radius 3 is 2.09 bits per heavy atom. The molecule has 1 atom stereocenters. The van der Waals surface area contributed by atoms with Gasteiger partial charge in [0.1, 0.15) is 19.1 Å². The predicted molar refractivity (Wildman–Crippen MR) is 119 cm³/mol. The van der Waals surface area contributed by atoms with E-state index in [0.717, 1.165) is 22.3 Å². The standard InChI is InChI=1S/C24H26N2O7/c27-21(13-22(28)29)25-12-6-5-11-20(23(30)31)26-24(32)33-14-19-17-9-3-1-7-15(17)16-8-2-4-10-18(16)19/h1-4,7-10,19-20H,5-6,11-14H2,(H,25,27)(H,26,32)(H,28,29)(H,30,31)/t20-/m0/s1. The van der Waals surface area contributed by atoms with Gasteiger partial charge in [-0.1, -0.05) is 48.5 Å². The maximum absolute atomic E-state index is 12.3. The van der Waals surface area contributed by atoms with E-state index in [2.05, 4.69) is 10.6 Å². The highest BCUT2D eigenvalue weighted by Gasteiger charge is 2.29. The molecule has 174 valence electrons. The van der Waals surface area contributed by atoms with Gasteiger partial charge >= 0.3 is 18.0 Å². The summed E-state index contributed by atoms with van der Waals surface area (Å²) in [7, 11) is 0. The van der Waals surface area contributed by atoms with Crippen LogP contribution in [0.2, 0.25) is 0 Å². The minimum absolute atomic E-state index is 0.0851. The number of alkyl carbamates (subject to hydrolysis) is 1. The van der Waals surface area contributed by atoms with Crippen molar-refractivity contribution < 1.29 is 34.1 Å². The molecule has 0 bridgehead atoms. The number of unbranched alkanes of at least 4 members (excludes halogenated alkanes) is 1. The molecule has 4 N–H and O–H groups in total. The molecule has 2 amide bonds. The number of rotatable bonds is 11. The number of fused-ring (bicyclic) bond motifs is 3. The van der Waals surface area contributed by atoms with Crippen molar-refractivity contribution in [2.75, 3.05) is 13.2 Å². The van der Waals surface area contributed by atoms with Crippen LogP contribution in [0.4, 0.5) is 4.79 Å². The lowest BCUT2D eigenvalue weighted by Crippen LogP contribution is -2.41. The molecule has 1 aliphatic carbocycles. The Morgan fingerprint density at radius 1 is 0.909 bits per heavy atom. The van der Waals surface area contributed by atoms with Crippen LogP contribution in [0.1, 0.15) is 42.7 Å². The van der Waals surface area contributed by atoms with E-state index < -0.39 is 36.4 Å². The smallest absolute Gasteiger partial charge is 0.407 e. The van der Waals surface area contributed by atoms with E-state index in [1.54, 1.807) is 0 Å². The van der Waals surface area contributed by atoms with Crippen LogP contribution in [0.3, 0.4) is 0 Å². The first-order valence-electron chi connectivity index (χ1n) is 10.7. The van der Waals surface area contributed by atoms with Crippen molar-refractivity contribution in [1.82, 2.24) is 10.6 Å². The third kappa shape index (κ3) is 6.31. The summed E-state index contributed by atoms with van der Waals surface area (Å²) in [5, 5.41) is 22.8. The normalized spacial score (nSPS) is 12.8. The second kappa shape index (κ2) is 11.1. The molecule has 0 heterocycles. The average Bonchev–Trinajstić information content (AvgIpc) is 3.10. The molecular weight excluding hydrogens is 428 g/mol. The summed E-state index contributed by atoms with van der Waals surface area (Å²) in [5.41, 5.74) is 4.32. The van der Waals surface area contributed by atoms with Crippen molar-refractivity contribution in [2.24, 2.45) is 0 Å². The monoisotopic (exact) mass is 454 g/mol. The van der Waals surface area contributed by atoms with E-state index in [1.807, 2.05) is 48.5 Å². The highest BCUT2D eigenvalue weighted by molar-refractivity contribution is 5.93. The lowest BCUT2D eigenvalue weighted by atomic mass is 9.98. The Morgan fingerprint density at radius 2 is 1.52 bits per heavy atom. The molecule has 0 spiro atoms. The van der Waals surface area contributed by atoms with Crippen molar-refractivity contribution in [2.45, 2.75) is 37.6 Å². The number of benzene rings is 2. The van der Waals surface area contributed by atoms with Gasteiger partial charge in [0.05, 0.1) is 0 Å². The molecule has 9 nitrogen and oxygen atoms in total. The molecule has 0 aliphatic heterocycles. The predicted octanol–water partition coefficient (Wildman–Crippen LogP) is 2.74. The fraction of sp³-hybridized carbons (Fsp3) is 0.333. The summed E-state index contributed by atoms with van der Waals surface area (Å²) in [5.74, 6) is -3.13. The minimum atomic E-state index is -1.22. The second-order valence-electron chi connectivity index (χ2n) is 7.78. The lowest BCUT2D eigenvalue weighted by molar-refractivity contribution is -0.141. The van der Waals surface area contributed by atoms with Crippen molar-refractivity contribution in [3.05, 3.63) is 59.7 Å². The van der Waals surface area contributed by atoms with Crippen molar-refractivity contribution in [3.8, 4) is 11.1 Å². The Balaban J connectivity index is 1.47. The number of hydrogen-bond donors (Lipinski definition) is 4. The van der Waals surface area contributed by atoms with Gasteiger partial charge in [0.15, 0.2) is 0 Å². The molecule has 2 aromatic carbocycles. The van der Waals surface area contributed by atoms with Gasteiger partial charge in [0, 0.05) is 12.5 Å². The second-order valence-corrected chi connectivity index (χ2v) is 7.78. The van der Waals surface area contributed by atoms with Gasteiger partial charge in [-0.2, -0.15) is 0 Å². The number of carboxylic acid groups (broad SMARTS) is 2. The van der Waals surface area contributed by atoms with E-state index in [-0.39, 0.29) is 25.5 Å². The Hall–Kier alpha value is -3.88. The minimum Gasteiger partial charge on any atom is -0.481 e. The van der Waals surface area contributed by atoms with E-state index >= 15 is 0 Å². The van der Waals surface area contributed by atoms with Gasteiger partial charge in [-0.25, -0.2) is 9.59 Å². The van der Waals surface area contributed by atoms with Gasteiger partial charge in [-0.3, -0.25) is 9.59 Å². The first-order chi connectivity index (χ1) is 15.9. The van der Waals surface area contributed by atoms with Crippen molar-refractivity contribution in [1.29, 1.82) is 0 Å². The molecule has 3 rings (SSSR count). The molecule has 2 aromatic rings. The fourth-order valence-electron chi connectivity index (χ4n) is 3.94. The average molecular weight is 454 g/mol. The van der Waals surface area contributed by atoms with Gasteiger partial charge in [0.25, 0.3) is 0 Å². The van der Waals surface area contributed by atoms with E-state index in [4.69, 9.17) is 9.84 Å². The molecule has 0 aromatic heterocycles. The maximum atomic E-state index is 12.3. The first kappa shape index (κ1) is 23.8. The maximum Gasteiger partial charge on any atom is 0.407 e. The Labute approximate surface area is 190 Å². The summed E-state index contributed by atoms with van der Waals surface area (Å²) < 4.78 is 5.39. The first-order valence-corrected chi connectivity index (χ1v) is 10.7. The van der Waals surface area contributed by atoms with Crippen LogP contribution in [-0.4, -0.2) is 53.3 Å². The van der Waals surface area contributed by atoms with Crippen molar-refractivity contribution >= 4 is 23.9 Å². The molecule has 33 heavy (non-hydrogen) atoms. The quantitative estimate of drug-likeness (QED) is 0.302. The topological polar surface area (TPSA) is 142 Å². The zero-order valence-electron chi connectivity index (χ0n) is 18.0. The van der Waals surface area contributed by atoms with Crippen LogP contribution in [0.15, 0.2) is 48.5 Å². The van der Waals surface area contributed by atoms with E-state index in [9.17, 15) is 24.3 Å². The van der Waals surface area contributed by atoms with Crippen molar-refractivity contribution in [3.63, 3.8) is 0 Å². The van der Waals surface area contributed by atoms with Crippen LogP contribution >= 0.6 is 0 Å². The SMILES string of the molecule is O=C(O)CC(=O)NCCCC[C@H](NC(=O)OCC1c2ccccc2-c2ccccc21)C(=O)O. The number of ether oxygens (including phenoxy) is 1. The molecule has 0 unspecified atom stereocenters. The number of carbonyl (C=O) groups is 4. The molecule has 0 radical (unpaired) electrons. The number of amides is 2. The van der Waals surface area contributed by atoms with E-state index in [0.29, 0.717) is 12.8 Å². The Bertz CT molecular complexity index is 991. The van der Waals surface area contributed by atoms with Gasteiger partial charge < -0.3 is 25.6 Å². The molecular formula is C24H26N2O7. The number of aliphatic carboxylic acids is 2. The summed E-state index contributed by atoms with van der Waals surface area (Å²) in [6.07, 6.45) is -0.413. The fourth-order valence-corrected chi connectivity index (χ4v) is 3.94. The number of carbonyl (C=O) groups excluding carboxylic acids is 2. The third-order valence-electron chi connectivity index (χ3n) is 5.49. The van der Waals surface area contributed by atoms with Crippen LogP contribution in [0.5, 0.6) is 0 Å². The molecule has 9 heteroatoms. The van der Waals surface area contributed by atoms with Gasteiger partial charge in [-0.15, -0.1) is 0 Å². The Kier molecular flexibility index (Phi) is 8.01. The summed E-state index contributed by atoms with van der Waals surface area (Å²) in [6, 6.07) is 14.7. The number of hydrogen-bond acceptors (Lipinski definition) is 5. The largest absolute Gasteiger partial charge is 0.481 e. The van der Waals surface area contributed by atoms with Gasteiger partial charge in [0.2, 0.25) is 5.91 Å². The zero-order valence-corrected chi connectivity index (χ0v) is 18.0. The van der Waals surface area contributed by atoms with Crippen LogP contribution in [0, 0.1) is 0 Å². The summed E-state index contributed by atoms with van der Waals surface area (Å²) >= 11 is 0. The van der Waals surface area contributed by atoms with Gasteiger partial charge in [-0.05, 0) is 41.5 Å². The number of nitrogens with one attached hydrogen (secondary N) is 2. The summed E-state index contributed by atoms with van der Waals surface area (Å²) in [4.78, 5) is 45.5. The molecule has 0 fully saturated rings. The number of carboxylic acids is 2. The highest BCUT2D eigenvalue weighted by atomic mass is 16.5. The van der Waals surface area contributed by atoms with Crippen LogP contribution < -0.4 is 10.6 Å². The molecule has 1 aliphatic rings. The molecule has 0 saturated heterocycles. The lowest BCUT2D eigenvalue weighted by Gasteiger charge is -2.17. The van der Waals surface area contributed by atoms with Crippen LogP contribution in [0.25, 0.3) is 11.1 Å². The highest BCUT2D eigenvalue weighted by Crippen LogP contribution is 2.44. The van der Waals surface area contributed by atoms with Crippen LogP contribution in [-0.2, 0) is 19.1 Å².